The van der Waals surface area contributed by atoms with Gasteiger partial charge in [-0.05, 0) is 24.8 Å². The first-order valence-corrected chi connectivity index (χ1v) is 6.14. The van der Waals surface area contributed by atoms with Gasteiger partial charge >= 0.3 is 0 Å². The van der Waals surface area contributed by atoms with Crippen molar-refractivity contribution in [3.63, 3.8) is 0 Å². The van der Waals surface area contributed by atoms with Gasteiger partial charge in [0.05, 0.1) is 0 Å². The minimum absolute atomic E-state index is 0.304. The molecular formula is C14H19NO. The molecule has 0 aromatic heterocycles. The van der Waals surface area contributed by atoms with Gasteiger partial charge < -0.3 is 4.90 Å². The predicted octanol–water partition coefficient (Wildman–Crippen LogP) is 2.63. The van der Waals surface area contributed by atoms with E-state index in [2.05, 4.69) is 29.2 Å². The molecule has 1 saturated heterocycles. The van der Waals surface area contributed by atoms with Crippen molar-refractivity contribution in [2.24, 2.45) is 0 Å². The van der Waals surface area contributed by atoms with Crippen molar-refractivity contribution in [2.45, 2.75) is 38.6 Å². The van der Waals surface area contributed by atoms with E-state index in [1.165, 1.54) is 5.56 Å². The Hall–Kier alpha value is -1.31. The lowest BCUT2D eigenvalue weighted by Crippen LogP contribution is -2.36. The fourth-order valence-corrected chi connectivity index (χ4v) is 2.47. The van der Waals surface area contributed by atoms with E-state index in [1.807, 2.05) is 13.0 Å². The SMILES string of the molecule is CCC(=O)N1CCCC1Cc1ccccc1. The first-order valence-electron chi connectivity index (χ1n) is 6.14. The third-order valence-corrected chi connectivity index (χ3v) is 3.31. The second-order valence-corrected chi connectivity index (χ2v) is 4.43. The minimum atomic E-state index is 0.304. The van der Waals surface area contributed by atoms with Gasteiger partial charge in [-0.3, -0.25) is 4.79 Å². The number of rotatable bonds is 3. The highest BCUT2D eigenvalue weighted by Crippen LogP contribution is 2.21. The van der Waals surface area contributed by atoms with Crippen LogP contribution in [0.1, 0.15) is 31.7 Å². The van der Waals surface area contributed by atoms with Crippen LogP contribution < -0.4 is 0 Å². The van der Waals surface area contributed by atoms with E-state index in [0.29, 0.717) is 18.4 Å². The maximum atomic E-state index is 11.7. The molecule has 0 aliphatic carbocycles. The molecule has 16 heavy (non-hydrogen) atoms. The third kappa shape index (κ3) is 2.43. The average Bonchev–Trinajstić information content (AvgIpc) is 2.77. The van der Waals surface area contributed by atoms with Gasteiger partial charge in [0.2, 0.25) is 5.91 Å². The molecule has 2 rings (SSSR count). The summed E-state index contributed by atoms with van der Waals surface area (Å²) >= 11 is 0. The van der Waals surface area contributed by atoms with Gasteiger partial charge in [-0.25, -0.2) is 0 Å². The largest absolute Gasteiger partial charge is 0.339 e. The molecule has 1 aromatic rings. The van der Waals surface area contributed by atoms with Crippen LogP contribution in [0.15, 0.2) is 30.3 Å². The third-order valence-electron chi connectivity index (χ3n) is 3.31. The number of likely N-dealkylation sites (tertiary alicyclic amines) is 1. The zero-order valence-electron chi connectivity index (χ0n) is 9.86. The molecular weight excluding hydrogens is 198 g/mol. The van der Waals surface area contributed by atoms with Crippen LogP contribution in [-0.2, 0) is 11.2 Å². The summed E-state index contributed by atoms with van der Waals surface area (Å²) in [6.45, 7) is 2.89. The molecule has 1 aliphatic rings. The van der Waals surface area contributed by atoms with E-state index in [9.17, 15) is 4.79 Å². The monoisotopic (exact) mass is 217 g/mol. The molecule has 0 spiro atoms. The highest BCUT2D eigenvalue weighted by molar-refractivity contribution is 5.76. The summed E-state index contributed by atoms with van der Waals surface area (Å²) in [7, 11) is 0. The van der Waals surface area contributed by atoms with Crippen molar-refractivity contribution in [3.8, 4) is 0 Å². The predicted molar refractivity (Wildman–Crippen MR) is 65.2 cm³/mol. The van der Waals surface area contributed by atoms with Crippen molar-refractivity contribution < 1.29 is 4.79 Å². The summed E-state index contributed by atoms with van der Waals surface area (Å²) < 4.78 is 0. The number of carbonyl (C=O) groups is 1. The van der Waals surface area contributed by atoms with Gasteiger partial charge in [0.1, 0.15) is 0 Å². The van der Waals surface area contributed by atoms with Crippen molar-refractivity contribution in [1.82, 2.24) is 4.90 Å². The fraction of sp³-hybridized carbons (Fsp3) is 0.500. The lowest BCUT2D eigenvalue weighted by molar-refractivity contribution is -0.131. The lowest BCUT2D eigenvalue weighted by atomic mass is 10.0. The van der Waals surface area contributed by atoms with Gasteiger partial charge in [-0.15, -0.1) is 0 Å². The Morgan fingerprint density at radius 1 is 1.38 bits per heavy atom. The van der Waals surface area contributed by atoms with Crippen molar-refractivity contribution >= 4 is 5.91 Å². The van der Waals surface area contributed by atoms with Gasteiger partial charge in [0, 0.05) is 19.0 Å². The van der Waals surface area contributed by atoms with Crippen LogP contribution in [0.5, 0.6) is 0 Å². The number of amides is 1. The molecule has 0 bridgehead atoms. The van der Waals surface area contributed by atoms with Crippen LogP contribution in [-0.4, -0.2) is 23.4 Å². The van der Waals surface area contributed by atoms with Crippen LogP contribution in [0.4, 0.5) is 0 Å². The molecule has 86 valence electrons. The number of hydrogen-bond acceptors (Lipinski definition) is 1. The van der Waals surface area contributed by atoms with Gasteiger partial charge in [-0.1, -0.05) is 37.3 Å². The van der Waals surface area contributed by atoms with E-state index in [0.717, 1.165) is 25.8 Å². The Kier molecular flexibility index (Phi) is 3.60. The van der Waals surface area contributed by atoms with Crippen molar-refractivity contribution in [1.29, 1.82) is 0 Å². The molecule has 0 saturated carbocycles. The van der Waals surface area contributed by atoms with Crippen molar-refractivity contribution in [2.75, 3.05) is 6.54 Å². The van der Waals surface area contributed by atoms with Crippen LogP contribution in [0.2, 0.25) is 0 Å². The first-order chi connectivity index (χ1) is 7.81. The summed E-state index contributed by atoms with van der Waals surface area (Å²) in [5.74, 6) is 0.304. The molecule has 1 unspecified atom stereocenters. The number of benzene rings is 1. The van der Waals surface area contributed by atoms with E-state index in [-0.39, 0.29) is 0 Å². The Morgan fingerprint density at radius 2 is 2.12 bits per heavy atom. The molecule has 2 heteroatoms. The molecule has 1 heterocycles. The molecule has 1 amide bonds. The minimum Gasteiger partial charge on any atom is -0.339 e. The van der Waals surface area contributed by atoms with Crippen LogP contribution >= 0.6 is 0 Å². The number of nitrogens with zero attached hydrogens (tertiary/aromatic N) is 1. The second-order valence-electron chi connectivity index (χ2n) is 4.43. The zero-order valence-corrected chi connectivity index (χ0v) is 9.86. The first kappa shape index (κ1) is 11.2. The zero-order chi connectivity index (χ0) is 11.4. The second kappa shape index (κ2) is 5.15. The summed E-state index contributed by atoms with van der Waals surface area (Å²) in [5, 5.41) is 0. The lowest BCUT2D eigenvalue weighted by Gasteiger charge is -2.24. The van der Waals surface area contributed by atoms with E-state index < -0.39 is 0 Å². The average molecular weight is 217 g/mol. The van der Waals surface area contributed by atoms with Crippen molar-refractivity contribution in [3.05, 3.63) is 35.9 Å². The maximum Gasteiger partial charge on any atom is 0.222 e. The standard InChI is InChI=1S/C14H19NO/c1-2-14(16)15-10-6-9-13(15)11-12-7-4-3-5-8-12/h3-5,7-8,13H,2,6,9-11H2,1H3. The van der Waals surface area contributed by atoms with Crippen LogP contribution in [0.3, 0.4) is 0 Å². The Morgan fingerprint density at radius 3 is 2.81 bits per heavy atom. The number of carbonyl (C=O) groups excluding carboxylic acids is 1. The van der Waals surface area contributed by atoms with Crippen LogP contribution in [0.25, 0.3) is 0 Å². The Balaban J connectivity index is 2.01. The quantitative estimate of drug-likeness (QED) is 0.762. The molecule has 1 fully saturated rings. The Bertz CT molecular complexity index is 347. The number of hydrogen-bond donors (Lipinski definition) is 0. The fourth-order valence-electron chi connectivity index (χ4n) is 2.47. The smallest absolute Gasteiger partial charge is 0.222 e. The highest BCUT2D eigenvalue weighted by Gasteiger charge is 2.27. The molecule has 0 N–H and O–H groups in total. The van der Waals surface area contributed by atoms with Crippen LogP contribution in [0, 0.1) is 0 Å². The molecule has 1 aromatic carbocycles. The Labute approximate surface area is 97.3 Å². The molecule has 1 atom stereocenters. The van der Waals surface area contributed by atoms with E-state index >= 15 is 0 Å². The van der Waals surface area contributed by atoms with E-state index in [4.69, 9.17) is 0 Å². The normalized spacial score (nSPS) is 20.1. The molecule has 1 aliphatic heterocycles. The highest BCUT2D eigenvalue weighted by atomic mass is 16.2. The summed E-state index contributed by atoms with van der Waals surface area (Å²) in [6.07, 6.45) is 3.95. The van der Waals surface area contributed by atoms with E-state index in [1.54, 1.807) is 0 Å². The maximum absolute atomic E-state index is 11.7. The molecule has 2 nitrogen and oxygen atoms in total. The van der Waals surface area contributed by atoms with Gasteiger partial charge in [0.25, 0.3) is 0 Å². The summed E-state index contributed by atoms with van der Waals surface area (Å²) in [6, 6.07) is 10.9. The summed E-state index contributed by atoms with van der Waals surface area (Å²) in [5.41, 5.74) is 1.34. The van der Waals surface area contributed by atoms with Gasteiger partial charge in [0.15, 0.2) is 0 Å². The van der Waals surface area contributed by atoms with Gasteiger partial charge in [-0.2, -0.15) is 0 Å². The summed E-state index contributed by atoms with van der Waals surface area (Å²) in [4.78, 5) is 13.8. The topological polar surface area (TPSA) is 20.3 Å². The molecule has 0 radical (unpaired) electrons.